The van der Waals surface area contributed by atoms with Crippen LogP contribution in [-0.2, 0) is 20.6 Å². The van der Waals surface area contributed by atoms with Gasteiger partial charge >= 0.3 is 0 Å². The van der Waals surface area contributed by atoms with Crippen molar-refractivity contribution in [2.24, 2.45) is 0 Å². The molecule has 2 rings (SSSR count). The van der Waals surface area contributed by atoms with E-state index in [2.05, 4.69) is 5.32 Å². The van der Waals surface area contributed by atoms with Crippen molar-refractivity contribution in [1.29, 1.82) is 0 Å². The summed E-state index contributed by atoms with van der Waals surface area (Å²) in [5.41, 5.74) is 6.88. The van der Waals surface area contributed by atoms with E-state index in [1.165, 1.54) is 11.2 Å². The smallest absolute Gasteiger partial charge is 0.218 e. The van der Waals surface area contributed by atoms with E-state index >= 15 is 0 Å². The molecule has 1 aliphatic heterocycles. The summed E-state index contributed by atoms with van der Waals surface area (Å²) in [5.74, 6) is -0.199. The Kier molecular flexibility index (Phi) is 4.29. The highest BCUT2D eigenvalue weighted by atomic mass is 32.2. The SMILES string of the molecule is CC(=O)NC1CCN(S(=O)(=O)Cc2cccc(N)c2)C1. The van der Waals surface area contributed by atoms with Gasteiger partial charge in [0.05, 0.1) is 5.75 Å². The third kappa shape index (κ3) is 3.71. The summed E-state index contributed by atoms with van der Waals surface area (Å²) in [6.07, 6.45) is 0.649. The maximum atomic E-state index is 12.3. The molecule has 1 amide bonds. The molecule has 0 saturated carbocycles. The summed E-state index contributed by atoms with van der Waals surface area (Å²) in [5, 5.41) is 2.75. The van der Waals surface area contributed by atoms with Gasteiger partial charge < -0.3 is 11.1 Å². The van der Waals surface area contributed by atoms with E-state index in [4.69, 9.17) is 5.73 Å². The van der Waals surface area contributed by atoms with Crippen molar-refractivity contribution in [3.05, 3.63) is 29.8 Å². The molecule has 0 spiro atoms. The van der Waals surface area contributed by atoms with Crippen LogP contribution in [0, 0.1) is 0 Å². The lowest BCUT2D eigenvalue weighted by Gasteiger charge is -2.17. The number of nitrogens with one attached hydrogen (secondary N) is 1. The third-order valence-corrected chi connectivity index (χ3v) is 5.07. The summed E-state index contributed by atoms with van der Waals surface area (Å²) in [7, 11) is -3.37. The van der Waals surface area contributed by atoms with Crippen molar-refractivity contribution in [1.82, 2.24) is 9.62 Å². The first kappa shape index (κ1) is 14.8. The normalized spacial score (nSPS) is 19.9. The summed E-state index contributed by atoms with van der Waals surface area (Å²) < 4.78 is 26.1. The Morgan fingerprint density at radius 1 is 1.50 bits per heavy atom. The van der Waals surface area contributed by atoms with Gasteiger partial charge in [0.25, 0.3) is 0 Å². The fourth-order valence-corrected chi connectivity index (χ4v) is 3.94. The van der Waals surface area contributed by atoms with Crippen molar-refractivity contribution in [3.63, 3.8) is 0 Å². The lowest BCUT2D eigenvalue weighted by molar-refractivity contribution is -0.119. The number of nitrogens with two attached hydrogens (primary N) is 1. The second-order valence-electron chi connectivity index (χ2n) is 5.05. The number of nitrogen functional groups attached to an aromatic ring is 1. The fourth-order valence-electron chi connectivity index (χ4n) is 2.37. The molecule has 1 aromatic carbocycles. The van der Waals surface area contributed by atoms with Crippen molar-refractivity contribution < 1.29 is 13.2 Å². The van der Waals surface area contributed by atoms with Gasteiger partial charge in [-0.25, -0.2) is 8.42 Å². The minimum atomic E-state index is -3.37. The summed E-state index contributed by atoms with van der Waals surface area (Å²) in [6, 6.07) is 6.78. The highest BCUT2D eigenvalue weighted by molar-refractivity contribution is 7.88. The maximum absolute atomic E-state index is 12.3. The standard InChI is InChI=1S/C13H19N3O3S/c1-10(17)15-13-5-6-16(8-13)20(18,19)9-11-3-2-4-12(14)7-11/h2-4,7,13H,5-6,8-9,14H2,1H3,(H,15,17). The van der Waals surface area contributed by atoms with Crippen LogP contribution in [0.3, 0.4) is 0 Å². The molecule has 0 radical (unpaired) electrons. The molecule has 0 aliphatic carbocycles. The van der Waals surface area contributed by atoms with E-state index < -0.39 is 10.0 Å². The van der Waals surface area contributed by atoms with Crippen LogP contribution in [0.4, 0.5) is 5.69 Å². The highest BCUT2D eigenvalue weighted by Crippen LogP contribution is 2.18. The molecule has 1 atom stereocenters. The molecule has 20 heavy (non-hydrogen) atoms. The number of carbonyl (C=O) groups is 1. The van der Waals surface area contributed by atoms with Crippen molar-refractivity contribution in [2.75, 3.05) is 18.8 Å². The number of rotatable bonds is 4. The van der Waals surface area contributed by atoms with Crippen molar-refractivity contribution >= 4 is 21.6 Å². The Morgan fingerprint density at radius 3 is 2.90 bits per heavy atom. The molecule has 0 bridgehead atoms. The lowest BCUT2D eigenvalue weighted by Crippen LogP contribution is -2.37. The van der Waals surface area contributed by atoms with Crippen LogP contribution in [0.25, 0.3) is 0 Å². The molecule has 3 N–H and O–H groups in total. The number of nitrogens with zero attached hydrogens (tertiary/aromatic N) is 1. The highest BCUT2D eigenvalue weighted by Gasteiger charge is 2.31. The van der Waals surface area contributed by atoms with Crippen LogP contribution >= 0.6 is 0 Å². The predicted octanol–water partition coefficient (Wildman–Crippen LogP) is 0.309. The van der Waals surface area contributed by atoms with Crippen LogP contribution in [0.2, 0.25) is 0 Å². The Morgan fingerprint density at radius 2 is 2.25 bits per heavy atom. The largest absolute Gasteiger partial charge is 0.399 e. The molecule has 1 saturated heterocycles. The van der Waals surface area contributed by atoms with Crippen LogP contribution in [0.15, 0.2) is 24.3 Å². The van der Waals surface area contributed by atoms with Crippen molar-refractivity contribution in [2.45, 2.75) is 25.1 Å². The molecule has 1 unspecified atom stereocenters. The first-order valence-electron chi connectivity index (χ1n) is 6.46. The van der Waals surface area contributed by atoms with Gasteiger partial charge in [0.1, 0.15) is 0 Å². The van der Waals surface area contributed by atoms with E-state index in [1.807, 2.05) is 0 Å². The number of carbonyl (C=O) groups excluding carboxylic acids is 1. The number of amides is 1. The molecule has 110 valence electrons. The summed E-state index contributed by atoms with van der Waals surface area (Å²) in [4.78, 5) is 11.0. The van der Waals surface area contributed by atoms with Crippen molar-refractivity contribution in [3.8, 4) is 0 Å². The Labute approximate surface area is 119 Å². The summed E-state index contributed by atoms with van der Waals surface area (Å²) >= 11 is 0. The molecule has 1 fully saturated rings. The van der Waals surface area contributed by atoms with Crippen LogP contribution < -0.4 is 11.1 Å². The van der Waals surface area contributed by atoms with Gasteiger partial charge in [0.15, 0.2) is 0 Å². The number of sulfonamides is 1. The molecule has 7 heteroatoms. The van der Waals surface area contributed by atoms with Gasteiger partial charge in [-0.2, -0.15) is 4.31 Å². The minimum absolute atomic E-state index is 0.0647. The number of hydrogen-bond donors (Lipinski definition) is 2. The zero-order chi connectivity index (χ0) is 14.8. The number of anilines is 1. The fraction of sp³-hybridized carbons (Fsp3) is 0.462. The zero-order valence-corrected chi connectivity index (χ0v) is 12.2. The molecular weight excluding hydrogens is 278 g/mol. The Bertz CT molecular complexity index is 601. The molecular formula is C13H19N3O3S. The number of benzene rings is 1. The molecule has 6 nitrogen and oxygen atoms in total. The van der Waals surface area contributed by atoms with Crippen LogP contribution in [-0.4, -0.2) is 37.8 Å². The second-order valence-corrected chi connectivity index (χ2v) is 7.01. The lowest BCUT2D eigenvalue weighted by atomic mass is 10.2. The number of hydrogen-bond acceptors (Lipinski definition) is 4. The van der Waals surface area contributed by atoms with Gasteiger partial charge in [-0.05, 0) is 24.1 Å². The maximum Gasteiger partial charge on any atom is 0.218 e. The Hall–Kier alpha value is -1.60. The second kappa shape index (κ2) is 5.80. The Balaban J connectivity index is 2.03. The van der Waals surface area contributed by atoms with Gasteiger partial charge in [-0.1, -0.05) is 12.1 Å². The van der Waals surface area contributed by atoms with Gasteiger partial charge in [-0.15, -0.1) is 0 Å². The van der Waals surface area contributed by atoms with E-state index in [-0.39, 0.29) is 17.7 Å². The zero-order valence-electron chi connectivity index (χ0n) is 11.4. The molecule has 1 aromatic rings. The predicted molar refractivity (Wildman–Crippen MR) is 77.3 cm³/mol. The van der Waals surface area contributed by atoms with Crippen LogP contribution in [0.5, 0.6) is 0 Å². The van der Waals surface area contributed by atoms with Gasteiger partial charge in [0.2, 0.25) is 15.9 Å². The quantitative estimate of drug-likeness (QED) is 0.782. The minimum Gasteiger partial charge on any atom is -0.399 e. The average molecular weight is 297 g/mol. The molecule has 1 heterocycles. The van der Waals surface area contributed by atoms with E-state index in [0.717, 1.165) is 0 Å². The monoisotopic (exact) mass is 297 g/mol. The molecule has 0 aromatic heterocycles. The average Bonchev–Trinajstić information content (AvgIpc) is 2.76. The van der Waals surface area contributed by atoms with Gasteiger partial charge in [0, 0.05) is 31.7 Å². The van der Waals surface area contributed by atoms with Gasteiger partial charge in [-0.3, -0.25) is 4.79 Å². The first-order valence-corrected chi connectivity index (χ1v) is 8.07. The van der Waals surface area contributed by atoms with Crippen LogP contribution in [0.1, 0.15) is 18.9 Å². The molecule has 1 aliphatic rings. The first-order chi connectivity index (χ1) is 9.37. The van der Waals surface area contributed by atoms with E-state index in [1.54, 1.807) is 24.3 Å². The summed E-state index contributed by atoms with van der Waals surface area (Å²) in [6.45, 7) is 2.21. The van der Waals surface area contributed by atoms with E-state index in [0.29, 0.717) is 30.8 Å². The van der Waals surface area contributed by atoms with E-state index in [9.17, 15) is 13.2 Å². The third-order valence-electron chi connectivity index (χ3n) is 3.25. The topological polar surface area (TPSA) is 92.5 Å².